The van der Waals surface area contributed by atoms with Crippen LogP contribution in [0.5, 0.6) is 0 Å². The van der Waals surface area contributed by atoms with Crippen LogP contribution in [0.3, 0.4) is 0 Å². The van der Waals surface area contributed by atoms with Crippen LogP contribution in [0.1, 0.15) is 6.92 Å². The Kier molecular flexibility index (Phi) is 2.56. The van der Waals surface area contributed by atoms with Gasteiger partial charge in [0.1, 0.15) is 5.69 Å². The van der Waals surface area contributed by atoms with E-state index in [1.54, 1.807) is 0 Å². The van der Waals surface area contributed by atoms with Gasteiger partial charge in [0.2, 0.25) is 12.3 Å². The summed E-state index contributed by atoms with van der Waals surface area (Å²) < 4.78 is 7.12. The number of fused-ring (bicyclic) bond motifs is 1. The van der Waals surface area contributed by atoms with Gasteiger partial charge in [-0.05, 0) is 25.1 Å². The Labute approximate surface area is 119 Å². The number of aromatic nitrogens is 6. The van der Waals surface area contributed by atoms with E-state index in [9.17, 15) is 0 Å². The summed E-state index contributed by atoms with van der Waals surface area (Å²) in [6, 6.07) is 5.87. The summed E-state index contributed by atoms with van der Waals surface area (Å²) >= 11 is 0. The van der Waals surface area contributed by atoms with Crippen LogP contribution >= 0.6 is 0 Å². The van der Waals surface area contributed by atoms with Crippen LogP contribution in [-0.2, 0) is 6.54 Å². The lowest BCUT2D eigenvalue weighted by molar-refractivity contribution is 0.569. The summed E-state index contributed by atoms with van der Waals surface area (Å²) in [4.78, 5) is 0. The van der Waals surface area contributed by atoms with Crippen LogP contribution in [0.4, 0.5) is 0 Å². The summed E-state index contributed by atoms with van der Waals surface area (Å²) in [6.07, 6.45) is 5.12. The fourth-order valence-electron chi connectivity index (χ4n) is 2.32. The van der Waals surface area contributed by atoms with E-state index in [0.717, 1.165) is 34.3 Å². The molecule has 104 valence electrons. The fourth-order valence-corrected chi connectivity index (χ4v) is 2.32. The molecular weight excluding hydrogens is 268 g/mol. The van der Waals surface area contributed by atoms with Gasteiger partial charge in [-0.1, -0.05) is 0 Å². The summed E-state index contributed by atoms with van der Waals surface area (Å²) in [5.41, 5.74) is 3.67. The van der Waals surface area contributed by atoms with E-state index in [1.807, 2.05) is 42.2 Å². The molecule has 0 unspecified atom stereocenters. The van der Waals surface area contributed by atoms with E-state index in [0.29, 0.717) is 5.89 Å². The Bertz CT molecular complexity index is 889. The van der Waals surface area contributed by atoms with Crippen LogP contribution in [0, 0.1) is 0 Å². The van der Waals surface area contributed by atoms with Gasteiger partial charge in [-0.2, -0.15) is 10.2 Å². The molecule has 0 bridgehead atoms. The first-order valence-corrected chi connectivity index (χ1v) is 6.62. The Balaban J connectivity index is 1.88. The van der Waals surface area contributed by atoms with E-state index >= 15 is 0 Å². The van der Waals surface area contributed by atoms with E-state index in [2.05, 4.69) is 25.5 Å². The van der Waals surface area contributed by atoms with E-state index in [-0.39, 0.29) is 0 Å². The molecule has 0 saturated heterocycles. The molecule has 1 aromatic carbocycles. The van der Waals surface area contributed by atoms with Gasteiger partial charge in [0.25, 0.3) is 0 Å². The lowest BCUT2D eigenvalue weighted by Gasteiger charge is -1.97. The molecule has 0 amide bonds. The first-order valence-electron chi connectivity index (χ1n) is 6.62. The van der Waals surface area contributed by atoms with Crippen LogP contribution in [0.15, 0.2) is 41.4 Å². The molecule has 4 aromatic rings. The first-order chi connectivity index (χ1) is 10.3. The Morgan fingerprint density at radius 1 is 1.29 bits per heavy atom. The molecule has 3 heterocycles. The number of hydrogen-bond acceptors (Lipinski definition) is 5. The zero-order valence-electron chi connectivity index (χ0n) is 11.3. The molecule has 21 heavy (non-hydrogen) atoms. The highest BCUT2D eigenvalue weighted by Gasteiger charge is 2.12. The van der Waals surface area contributed by atoms with Gasteiger partial charge in [-0.25, -0.2) is 0 Å². The van der Waals surface area contributed by atoms with Crippen molar-refractivity contribution < 1.29 is 4.42 Å². The summed E-state index contributed by atoms with van der Waals surface area (Å²) in [5.74, 6) is 0.494. The number of nitrogens with one attached hydrogen (secondary N) is 1. The third-order valence-corrected chi connectivity index (χ3v) is 3.40. The fraction of sp³-hybridized carbons (Fsp3) is 0.143. The summed E-state index contributed by atoms with van der Waals surface area (Å²) in [6.45, 7) is 2.88. The average molecular weight is 280 g/mol. The van der Waals surface area contributed by atoms with Gasteiger partial charge in [0.05, 0.1) is 11.7 Å². The van der Waals surface area contributed by atoms with Gasteiger partial charge in [0.15, 0.2) is 0 Å². The number of benzene rings is 1. The maximum atomic E-state index is 5.24. The number of H-pyrrole nitrogens is 1. The molecule has 7 heteroatoms. The Hall–Kier alpha value is -2.96. The topological polar surface area (TPSA) is 85.4 Å². The maximum absolute atomic E-state index is 5.24. The third-order valence-electron chi connectivity index (χ3n) is 3.40. The predicted octanol–water partition coefficient (Wildman–Crippen LogP) is 2.50. The van der Waals surface area contributed by atoms with Gasteiger partial charge >= 0.3 is 0 Å². The van der Waals surface area contributed by atoms with Gasteiger partial charge in [0, 0.05) is 29.3 Å². The second-order valence-corrected chi connectivity index (χ2v) is 4.66. The normalized spacial score (nSPS) is 11.3. The van der Waals surface area contributed by atoms with Crippen LogP contribution in [0.2, 0.25) is 0 Å². The molecule has 0 atom stereocenters. The van der Waals surface area contributed by atoms with Crippen molar-refractivity contribution in [3.8, 4) is 22.7 Å². The van der Waals surface area contributed by atoms with Gasteiger partial charge < -0.3 is 4.42 Å². The van der Waals surface area contributed by atoms with Crippen molar-refractivity contribution in [2.45, 2.75) is 13.5 Å². The molecule has 4 rings (SSSR count). The van der Waals surface area contributed by atoms with Crippen LogP contribution in [-0.4, -0.2) is 30.2 Å². The summed E-state index contributed by atoms with van der Waals surface area (Å²) in [5, 5.41) is 20.4. The minimum Gasteiger partial charge on any atom is -0.423 e. The zero-order chi connectivity index (χ0) is 14.2. The van der Waals surface area contributed by atoms with Crippen LogP contribution < -0.4 is 0 Å². The molecule has 0 aliphatic carbocycles. The molecule has 0 radical (unpaired) electrons. The van der Waals surface area contributed by atoms with Gasteiger partial charge in [-0.15, -0.1) is 10.2 Å². The highest BCUT2D eigenvalue weighted by Crippen LogP contribution is 2.29. The molecule has 0 spiro atoms. The second kappa shape index (κ2) is 4.55. The lowest BCUT2D eigenvalue weighted by Crippen LogP contribution is -1.91. The van der Waals surface area contributed by atoms with E-state index < -0.39 is 0 Å². The van der Waals surface area contributed by atoms with Crippen molar-refractivity contribution >= 4 is 10.9 Å². The molecule has 3 aromatic heterocycles. The zero-order valence-corrected chi connectivity index (χ0v) is 11.3. The molecule has 0 aliphatic rings. The number of aromatic amines is 1. The average Bonchev–Trinajstić information content (AvgIpc) is 3.25. The highest BCUT2D eigenvalue weighted by atomic mass is 16.4. The number of rotatable bonds is 3. The molecule has 1 N–H and O–H groups in total. The molecule has 7 nitrogen and oxygen atoms in total. The van der Waals surface area contributed by atoms with E-state index in [1.165, 1.54) is 6.39 Å². The quantitative estimate of drug-likeness (QED) is 0.623. The van der Waals surface area contributed by atoms with Crippen molar-refractivity contribution in [3.63, 3.8) is 0 Å². The van der Waals surface area contributed by atoms with Crippen molar-refractivity contribution in [1.82, 2.24) is 30.2 Å². The van der Waals surface area contributed by atoms with Crippen LogP contribution in [0.25, 0.3) is 33.6 Å². The standard InChI is InChI=1S/C14H12N6O/c1-2-20-7-10(6-16-20)13-11-5-9(14-19-15-8-21-14)3-4-12(11)17-18-13/h3-8H,2H2,1H3,(H,17,18). The summed E-state index contributed by atoms with van der Waals surface area (Å²) in [7, 11) is 0. The Morgan fingerprint density at radius 2 is 2.24 bits per heavy atom. The largest absolute Gasteiger partial charge is 0.423 e. The highest BCUT2D eigenvalue weighted by molar-refractivity contribution is 5.94. The first kappa shape index (κ1) is 11.8. The number of nitrogens with zero attached hydrogens (tertiary/aromatic N) is 5. The van der Waals surface area contributed by atoms with Crippen molar-refractivity contribution in [3.05, 3.63) is 37.0 Å². The molecule has 0 fully saturated rings. The monoisotopic (exact) mass is 280 g/mol. The lowest BCUT2D eigenvalue weighted by atomic mass is 10.1. The number of hydrogen-bond donors (Lipinski definition) is 1. The third kappa shape index (κ3) is 1.90. The second-order valence-electron chi connectivity index (χ2n) is 4.66. The Morgan fingerprint density at radius 3 is 3.00 bits per heavy atom. The SMILES string of the molecule is CCn1cc(-c2n[nH]c3ccc(-c4nnco4)cc23)cn1. The maximum Gasteiger partial charge on any atom is 0.247 e. The minimum atomic E-state index is 0.494. The molecular formula is C14H12N6O. The van der Waals surface area contributed by atoms with Crippen molar-refractivity contribution in [2.24, 2.45) is 0 Å². The van der Waals surface area contributed by atoms with E-state index in [4.69, 9.17) is 4.42 Å². The molecule has 0 saturated carbocycles. The molecule has 0 aliphatic heterocycles. The van der Waals surface area contributed by atoms with Crippen molar-refractivity contribution in [2.75, 3.05) is 0 Å². The number of aryl methyl sites for hydroxylation is 1. The van der Waals surface area contributed by atoms with Crippen molar-refractivity contribution in [1.29, 1.82) is 0 Å². The minimum absolute atomic E-state index is 0.494. The smallest absolute Gasteiger partial charge is 0.247 e. The predicted molar refractivity (Wildman–Crippen MR) is 76.3 cm³/mol. The van der Waals surface area contributed by atoms with Gasteiger partial charge in [-0.3, -0.25) is 9.78 Å².